The number of nitrogens with two attached hydrogens (primary N) is 1. The molecular formula is C13H18F3NO. The molecule has 0 radical (unpaired) electrons. The number of halogens is 3. The van der Waals surface area contributed by atoms with E-state index in [-0.39, 0.29) is 12.5 Å². The van der Waals surface area contributed by atoms with Gasteiger partial charge in [0.2, 0.25) is 0 Å². The van der Waals surface area contributed by atoms with Gasteiger partial charge < -0.3 is 10.5 Å². The summed E-state index contributed by atoms with van der Waals surface area (Å²) in [6, 6.07) is 0. The van der Waals surface area contributed by atoms with Crippen LogP contribution in [-0.2, 0) is 4.74 Å². The summed E-state index contributed by atoms with van der Waals surface area (Å²) in [5.41, 5.74) is 6.45. The molecule has 0 aromatic carbocycles. The van der Waals surface area contributed by atoms with Crippen molar-refractivity contribution in [1.82, 2.24) is 0 Å². The van der Waals surface area contributed by atoms with Gasteiger partial charge in [-0.15, -0.1) is 0 Å². The molecule has 0 fully saturated rings. The van der Waals surface area contributed by atoms with E-state index in [0.717, 1.165) is 12.0 Å². The molecule has 1 rings (SSSR count). The van der Waals surface area contributed by atoms with E-state index < -0.39 is 12.6 Å². The van der Waals surface area contributed by atoms with Crippen molar-refractivity contribution in [3.8, 4) is 0 Å². The highest BCUT2D eigenvalue weighted by atomic mass is 19.4. The maximum Gasteiger partial charge on any atom is 0.392 e. The molecule has 0 saturated carbocycles. The molecule has 102 valence electrons. The maximum atomic E-state index is 12.0. The minimum Gasteiger partial charge on any atom is -0.497 e. The van der Waals surface area contributed by atoms with Gasteiger partial charge in [-0.1, -0.05) is 25.2 Å². The van der Waals surface area contributed by atoms with Crippen molar-refractivity contribution in [2.75, 3.05) is 13.2 Å². The molecule has 18 heavy (non-hydrogen) atoms. The van der Waals surface area contributed by atoms with Crippen LogP contribution in [0.2, 0.25) is 0 Å². The van der Waals surface area contributed by atoms with E-state index >= 15 is 0 Å². The van der Waals surface area contributed by atoms with Crippen molar-refractivity contribution < 1.29 is 17.9 Å². The number of rotatable bonds is 4. The van der Waals surface area contributed by atoms with Gasteiger partial charge in [0.1, 0.15) is 0 Å². The van der Waals surface area contributed by atoms with Crippen LogP contribution < -0.4 is 5.73 Å². The summed E-state index contributed by atoms with van der Waals surface area (Å²) < 4.78 is 41.3. The second-order valence-corrected chi connectivity index (χ2v) is 4.27. The molecule has 2 nitrogen and oxygen atoms in total. The Morgan fingerprint density at radius 1 is 1.39 bits per heavy atom. The van der Waals surface area contributed by atoms with Crippen LogP contribution in [0.15, 0.2) is 35.6 Å². The number of alkyl halides is 3. The molecular weight excluding hydrogens is 243 g/mol. The number of hydrogen-bond acceptors (Lipinski definition) is 2. The molecule has 1 aliphatic carbocycles. The van der Waals surface area contributed by atoms with Gasteiger partial charge >= 0.3 is 6.18 Å². The molecule has 0 bridgehead atoms. The van der Waals surface area contributed by atoms with E-state index in [1.54, 1.807) is 12.2 Å². The predicted molar refractivity (Wildman–Crippen MR) is 64.8 cm³/mol. The Hall–Kier alpha value is -1.23. The fourth-order valence-electron chi connectivity index (χ4n) is 1.56. The second kappa shape index (κ2) is 6.64. The van der Waals surface area contributed by atoms with Gasteiger partial charge in [-0.05, 0) is 18.1 Å². The number of ether oxygens (including phenoxy) is 1. The van der Waals surface area contributed by atoms with Gasteiger partial charge in [-0.2, -0.15) is 13.2 Å². The zero-order valence-electron chi connectivity index (χ0n) is 10.3. The van der Waals surface area contributed by atoms with Crippen LogP contribution in [0.1, 0.15) is 19.8 Å². The molecule has 5 heteroatoms. The Morgan fingerprint density at radius 3 is 2.72 bits per heavy atom. The lowest BCUT2D eigenvalue weighted by molar-refractivity contribution is -0.142. The third-order valence-electron chi connectivity index (χ3n) is 2.66. The number of hydrogen-bond donors (Lipinski definition) is 1. The Kier molecular flexibility index (Phi) is 5.47. The van der Waals surface area contributed by atoms with E-state index in [0.29, 0.717) is 12.3 Å². The van der Waals surface area contributed by atoms with Crippen LogP contribution in [0.3, 0.4) is 0 Å². The molecule has 0 aliphatic heterocycles. The molecule has 1 atom stereocenters. The number of allylic oxidation sites excluding steroid dienone is 4. The average molecular weight is 261 g/mol. The highest BCUT2D eigenvalue weighted by Gasteiger charge is 2.27. The zero-order chi connectivity index (χ0) is 13.6. The lowest BCUT2D eigenvalue weighted by Gasteiger charge is -2.17. The summed E-state index contributed by atoms with van der Waals surface area (Å²) in [6.45, 7) is 1.98. The van der Waals surface area contributed by atoms with E-state index in [1.807, 2.05) is 19.1 Å². The average Bonchev–Trinajstić information content (AvgIpc) is 2.26. The molecule has 0 aromatic heterocycles. The van der Waals surface area contributed by atoms with Crippen molar-refractivity contribution in [1.29, 1.82) is 0 Å². The standard InChI is InChI=1S/C13H18F3NO/c1-10-3-2-4-11(9-17)5-6-12(10)18-8-7-13(14,15)16/h2,4-6,10H,3,7-9,17H2,1H3. The summed E-state index contributed by atoms with van der Waals surface area (Å²) in [6.07, 6.45) is 3.02. The Labute approximate surface area is 105 Å². The molecule has 2 N–H and O–H groups in total. The van der Waals surface area contributed by atoms with Crippen LogP contribution in [0, 0.1) is 5.92 Å². The predicted octanol–water partition coefficient (Wildman–Crippen LogP) is 3.32. The summed E-state index contributed by atoms with van der Waals surface area (Å²) in [5, 5.41) is 0. The van der Waals surface area contributed by atoms with Crippen LogP contribution in [0.4, 0.5) is 13.2 Å². The Morgan fingerprint density at radius 2 is 2.11 bits per heavy atom. The fraction of sp³-hybridized carbons (Fsp3) is 0.538. The topological polar surface area (TPSA) is 35.2 Å². The van der Waals surface area contributed by atoms with Crippen LogP contribution in [-0.4, -0.2) is 19.3 Å². The van der Waals surface area contributed by atoms with Crippen molar-refractivity contribution in [2.45, 2.75) is 25.9 Å². The summed E-state index contributed by atoms with van der Waals surface area (Å²) in [5.74, 6) is 0.652. The lowest BCUT2D eigenvalue weighted by Crippen LogP contribution is -2.13. The Balaban J connectivity index is 2.61. The molecule has 0 spiro atoms. The normalized spacial score (nSPS) is 20.8. The molecule has 0 heterocycles. The Bertz CT molecular complexity index is 356. The largest absolute Gasteiger partial charge is 0.497 e. The van der Waals surface area contributed by atoms with Gasteiger partial charge in [0, 0.05) is 12.5 Å². The third-order valence-corrected chi connectivity index (χ3v) is 2.66. The minimum absolute atomic E-state index is 0.0741. The van der Waals surface area contributed by atoms with Crippen molar-refractivity contribution >= 4 is 0 Å². The maximum absolute atomic E-state index is 12.0. The second-order valence-electron chi connectivity index (χ2n) is 4.27. The van der Waals surface area contributed by atoms with Gasteiger partial charge in [0.15, 0.2) is 0 Å². The highest BCUT2D eigenvalue weighted by molar-refractivity contribution is 5.28. The van der Waals surface area contributed by atoms with E-state index in [4.69, 9.17) is 10.5 Å². The van der Waals surface area contributed by atoms with Crippen molar-refractivity contribution in [3.05, 3.63) is 35.6 Å². The fourth-order valence-corrected chi connectivity index (χ4v) is 1.56. The van der Waals surface area contributed by atoms with E-state index in [9.17, 15) is 13.2 Å². The molecule has 0 saturated heterocycles. The smallest absolute Gasteiger partial charge is 0.392 e. The van der Waals surface area contributed by atoms with E-state index in [1.165, 1.54) is 0 Å². The first kappa shape index (κ1) is 14.8. The molecule has 0 aromatic rings. The molecule has 0 amide bonds. The zero-order valence-corrected chi connectivity index (χ0v) is 10.3. The molecule has 1 aliphatic rings. The van der Waals surface area contributed by atoms with Gasteiger partial charge in [-0.3, -0.25) is 0 Å². The third kappa shape index (κ3) is 5.40. The monoisotopic (exact) mass is 261 g/mol. The van der Waals surface area contributed by atoms with Crippen LogP contribution in [0.25, 0.3) is 0 Å². The SMILES string of the molecule is CC1CC=CC(CN)=CC=C1OCCC(F)(F)F. The summed E-state index contributed by atoms with van der Waals surface area (Å²) in [7, 11) is 0. The van der Waals surface area contributed by atoms with Gasteiger partial charge in [0.05, 0.1) is 18.8 Å². The highest BCUT2D eigenvalue weighted by Crippen LogP contribution is 2.23. The first-order valence-electron chi connectivity index (χ1n) is 5.89. The van der Waals surface area contributed by atoms with Gasteiger partial charge in [-0.25, -0.2) is 0 Å². The van der Waals surface area contributed by atoms with Crippen molar-refractivity contribution in [2.24, 2.45) is 11.7 Å². The quantitative estimate of drug-likeness (QED) is 0.842. The lowest BCUT2D eigenvalue weighted by atomic mass is 10.0. The van der Waals surface area contributed by atoms with Gasteiger partial charge in [0.25, 0.3) is 0 Å². The molecule has 1 unspecified atom stereocenters. The summed E-state index contributed by atoms with van der Waals surface area (Å²) in [4.78, 5) is 0. The van der Waals surface area contributed by atoms with E-state index in [2.05, 4.69) is 0 Å². The van der Waals surface area contributed by atoms with Crippen LogP contribution in [0.5, 0.6) is 0 Å². The van der Waals surface area contributed by atoms with Crippen molar-refractivity contribution in [3.63, 3.8) is 0 Å². The first-order chi connectivity index (χ1) is 8.42. The minimum atomic E-state index is -4.18. The first-order valence-corrected chi connectivity index (χ1v) is 5.89. The van der Waals surface area contributed by atoms with Crippen LogP contribution >= 0.6 is 0 Å². The summed E-state index contributed by atoms with van der Waals surface area (Å²) >= 11 is 0.